The van der Waals surface area contributed by atoms with Gasteiger partial charge in [0.25, 0.3) is 0 Å². The van der Waals surface area contributed by atoms with Gasteiger partial charge in [-0.05, 0) is 19.1 Å². The molecule has 0 radical (unpaired) electrons. The number of allylic oxidation sites excluding steroid dienone is 2. The standard InChI is InChI=1S/C7H11FS/c1-9-7-5-3-2-4-6(7)8/h2,4,6-7H,3,5H2,1H3/t6-,7-/m1/s1. The lowest BCUT2D eigenvalue weighted by molar-refractivity contribution is 0.371. The third-order valence-corrected chi connectivity index (χ3v) is 2.70. The Morgan fingerprint density at radius 1 is 1.67 bits per heavy atom. The lowest BCUT2D eigenvalue weighted by Crippen LogP contribution is -2.18. The Bertz CT molecular complexity index is 111. The molecule has 0 nitrogen and oxygen atoms in total. The second kappa shape index (κ2) is 3.25. The average Bonchev–Trinajstić information content (AvgIpc) is 1.89. The molecule has 1 aliphatic rings. The minimum Gasteiger partial charge on any atom is -0.242 e. The Hall–Kier alpha value is 0.0200. The van der Waals surface area contributed by atoms with E-state index in [1.807, 2.05) is 12.3 Å². The molecule has 2 heteroatoms. The number of hydrogen-bond acceptors (Lipinski definition) is 1. The van der Waals surface area contributed by atoms with Crippen molar-refractivity contribution in [3.63, 3.8) is 0 Å². The molecule has 0 amide bonds. The van der Waals surface area contributed by atoms with Crippen molar-refractivity contribution in [2.75, 3.05) is 6.26 Å². The third kappa shape index (κ3) is 1.71. The van der Waals surface area contributed by atoms with Crippen LogP contribution in [0.1, 0.15) is 12.8 Å². The van der Waals surface area contributed by atoms with Crippen molar-refractivity contribution in [1.82, 2.24) is 0 Å². The van der Waals surface area contributed by atoms with Crippen LogP contribution in [0.25, 0.3) is 0 Å². The molecule has 0 aromatic carbocycles. The molecule has 0 saturated heterocycles. The molecule has 0 fully saturated rings. The van der Waals surface area contributed by atoms with Gasteiger partial charge in [-0.15, -0.1) is 0 Å². The van der Waals surface area contributed by atoms with Crippen molar-refractivity contribution < 1.29 is 4.39 Å². The summed E-state index contributed by atoms with van der Waals surface area (Å²) in [6.07, 6.45) is 6.91. The van der Waals surface area contributed by atoms with Gasteiger partial charge in [0.05, 0.1) is 0 Å². The van der Waals surface area contributed by atoms with Gasteiger partial charge in [-0.2, -0.15) is 11.8 Å². The average molecular weight is 146 g/mol. The second-order valence-electron chi connectivity index (χ2n) is 2.22. The van der Waals surface area contributed by atoms with Crippen LogP contribution in [0.5, 0.6) is 0 Å². The fourth-order valence-corrected chi connectivity index (χ4v) is 1.74. The maximum atomic E-state index is 12.7. The summed E-state index contributed by atoms with van der Waals surface area (Å²) >= 11 is 1.63. The highest BCUT2D eigenvalue weighted by atomic mass is 32.2. The number of hydrogen-bond donors (Lipinski definition) is 0. The summed E-state index contributed by atoms with van der Waals surface area (Å²) in [5, 5.41) is 0.218. The highest BCUT2D eigenvalue weighted by Gasteiger charge is 2.18. The van der Waals surface area contributed by atoms with Crippen LogP contribution in [0.3, 0.4) is 0 Å². The molecule has 0 saturated carbocycles. The van der Waals surface area contributed by atoms with E-state index in [2.05, 4.69) is 0 Å². The molecule has 1 aliphatic carbocycles. The predicted molar refractivity (Wildman–Crippen MR) is 40.6 cm³/mol. The lowest BCUT2D eigenvalue weighted by Gasteiger charge is -2.18. The zero-order valence-electron chi connectivity index (χ0n) is 5.51. The third-order valence-electron chi connectivity index (χ3n) is 1.60. The first-order valence-corrected chi connectivity index (χ1v) is 4.47. The largest absolute Gasteiger partial charge is 0.242 e. The quantitative estimate of drug-likeness (QED) is 0.512. The molecule has 0 aromatic heterocycles. The van der Waals surface area contributed by atoms with Gasteiger partial charge in [-0.25, -0.2) is 4.39 Å². The first-order valence-electron chi connectivity index (χ1n) is 3.18. The highest BCUT2D eigenvalue weighted by molar-refractivity contribution is 7.99. The van der Waals surface area contributed by atoms with Gasteiger partial charge in [0, 0.05) is 5.25 Å². The molecule has 0 spiro atoms. The SMILES string of the molecule is CS[C@@H]1CCC=C[C@H]1F. The summed E-state index contributed by atoms with van der Waals surface area (Å²) in [5.41, 5.74) is 0. The number of thioether (sulfide) groups is 1. The predicted octanol–water partition coefficient (Wildman–Crippen LogP) is 2.41. The van der Waals surface area contributed by atoms with Crippen LogP contribution in [-0.4, -0.2) is 17.7 Å². The van der Waals surface area contributed by atoms with Crippen LogP contribution in [0, 0.1) is 0 Å². The second-order valence-corrected chi connectivity index (χ2v) is 3.30. The molecule has 0 aromatic rings. The minimum atomic E-state index is -0.700. The highest BCUT2D eigenvalue weighted by Crippen LogP contribution is 2.24. The molecule has 0 aliphatic heterocycles. The zero-order valence-corrected chi connectivity index (χ0v) is 6.33. The molecule has 0 bridgehead atoms. The van der Waals surface area contributed by atoms with Crippen LogP contribution in [0.4, 0.5) is 4.39 Å². The minimum absolute atomic E-state index is 0.218. The van der Waals surface area contributed by atoms with Crippen LogP contribution < -0.4 is 0 Å². The van der Waals surface area contributed by atoms with Gasteiger partial charge >= 0.3 is 0 Å². The van der Waals surface area contributed by atoms with Crippen LogP contribution in [0.2, 0.25) is 0 Å². The summed E-state index contributed by atoms with van der Waals surface area (Å²) < 4.78 is 12.7. The van der Waals surface area contributed by atoms with Crippen molar-refractivity contribution in [1.29, 1.82) is 0 Å². The first kappa shape index (κ1) is 7.13. The Balaban J connectivity index is 2.44. The van der Waals surface area contributed by atoms with E-state index in [1.165, 1.54) is 0 Å². The van der Waals surface area contributed by atoms with E-state index in [-0.39, 0.29) is 5.25 Å². The van der Waals surface area contributed by atoms with E-state index < -0.39 is 6.17 Å². The molecule has 0 unspecified atom stereocenters. The van der Waals surface area contributed by atoms with Gasteiger partial charge in [0.15, 0.2) is 0 Å². The molecule has 52 valence electrons. The van der Waals surface area contributed by atoms with E-state index in [9.17, 15) is 4.39 Å². The Morgan fingerprint density at radius 2 is 2.44 bits per heavy atom. The van der Waals surface area contributed by atoms with Gasteiger partial charge in [-0.3, -0.25) is 0 Å². The van der Waals surface area contributed by atoms with Gasteiger partial charge < -0.3 is 0 Å². The van der Waals surface area contributed by atoms with E-state index in [1.54, 1.807) is 17.8 Å². The van der Waals surface area contributed by atoms with Crippen molar-refractivity contribution >= 4 is 11.8 Å². The van der Waals surface area contributed by atoms with Crippen molar-refractivity contribution in [2.45, 2.75) is 24.3 Å². The Kier molecular flexibility index (Phi) is 2.58. The van der Waals surface area contributed by atoms with Gasteiger partial charge in [0.2, 0.25) is 0 Å². The number of halogens is 1. The lowest BCUT2D eigenvalue weighted by atomic mass is 10.1. The fraction of sp³-hybridized carbons (Fsp3) is 0.714. The smallest absolute Gasteiger partial charge is 0.130 e. The van der Waals surface area contributed by atoms with E-state index >= 15 is 0 Å². The van der Waals surface area contributed by atoms with E-state index in [4.69, 9.17) is 0 Å². The summed E-state index contributed by atoms with van der Waals surface area (Å²) in [7, 11) is 0. The first-order chi connectivity index (χ1) is 4.34. The van der Waals surface area contributed by atoms with Crippen LogP contribution in [-0.2, 0) is 0 Å². The summed E-state index contributed by atoms with van der Waals surface area (Å²) in [6.45, 7) is 0. The van der Waals surface area contributed by atoms with Crippen molar-refractivity contribution in [2.24, 2.45) is 0 Å². The molecule has 2 atom stereocenters. The fourth-order valence-electron chi connectivity index (χ4n) is 1.02. The van der Waals surface area contributed by atoms with Crippen LogP contribution in [0.15, 0.2) is 12.2 Å². The maximum Gasteiger partial charge on any atom is 0.130 e. The number of alkyl halides is 1. The number of rotatable bonds is 1. The molecule has 9 heavy (non-hydrogen) atoms. The Labute approximate surface area is 59.5 Å². The van der Waals surface area contributed by atoms with Crippen molar-refractivity contribution in [3.8, 4) is 0 Å². The Morgan fingerprint density at radius 3 is 2.89 bits per heavy atom. The summed E-state index contributed by atoms with van der Waals surface area (Å²) in [4.78, 5) is 0. The molecule has 1 rings (SSSR count). The zero-order chi connectivity index (χ0) is 6.69. The molecular formula is C7H11FS. The monoisotopic (exact) mass is 146 g/mol. The van der Waals surface area contributed by atoms with E-state index in [0.29, 0.717) is 0 Å². The van der Waals surface area contributed by atoms with Crippen molar-refractivity contribution in [3.05, 3.63) is 12.2 Å². The molecular weight excluding hydrogens is 135 g/mol. The maximum absolute atomic E-state index is 12.7. The topological polar surface area (TPSA) is 0 Å². The van der Waals surface area contributed by atoms with Gasteiger partial charge in [0.1, 0.15) is 6.17 Å². The van der Waals surface area contributed by atoms with E-state index in [0.717, 1.165) is 12.8 Å². The summed E-state index contributed by atoms with van der Waals surface area (Å²) in [6, 6.07) is 0. The van der Waals surface area contributed by atoms with Gasteiger partial charge in [-0.1, -0.05) is 12.2 Å². The normalized spacial score (nSPS) is 34.9. The summed E-state index contributed by atoms with van der Waals surface area (Å²) in [5.74, 6) is 0. The van der Waals surface area contributed by atoms with Crippen LogP contribution >= 0.6 is 11.8 Å². The molecule has 0 heterocycles. The molecule has 0 N–H and O–H groups in total.